The standard InChI is InChI=1S/C23H22N8O3/c1-14(2)27-20(32)13-30-12-18(21(29-30)16-9-15(10-24)5-6-19(16)34-3)28-23(33)17-11-26-31-8-4-7-25-22(17)31/h4-9,11-12,14H,13H2,1-3H3,(H,27,32)(H,28,33). The van der Waals surface area contributed by atoms with Crippen molar-refractivity contribution >= 4 is 23.1 Å². The molecule has 0 unspecified atom stereocenters. The van der Waals surface area contributed by atoms with Gasteiger partial charge >= 0.3 is 0 Å². The van der Waals surface area contributed by atoms with E-state index in [1.807, 2.05) is 13.8 Å². The Labute approximate surface area is 195 Å². The molecule has 3 heterocycles. The van der Waals surface area contributed by atoms with Crippen LogP contribution in [0.3, 0.4) is 0 Å². The number of rotatable bonds is 7. The lowest BCUT2D eigenvalue weighted by molar-refractivity contribution is -0.122. The first-order valence-electron chi connectivity index (χ1n) is 10.4. The highest BCUT2D eigenvalue weighted by Crippen LogP contribution is 2.35. The molecule has 0 saturated carbocycles. The molecule has 0 bridgehead atoms. The van der Waals surface area contributed by atoms with E-state index in [0.29, 0.717) is 33.9 Å². The van der Waals surface area contributed by atoms with Crippen molar-refractivity contribution in [1.82, 2.24) is 29.7 Å². The van der Waals surface area contributed by atoms with Crippen molar-refractivity contribution in [3.05, 3.63) is 60.2 Å². The van der Waals surface area contributed by atoms with Crippen LogP contribution in [0.4, 0.5) is 5.69 Å². The fourth-order valence-corrected chi connectivity index (χ4v) is 3.45. The summed E-state index contributed by atoms with van der Waals surface area (Å²) in [6.07, 6.45) is 6.25. The molecule has 3 aromatic heterocycles. The maximum atomic E-state index is 13.1. The summed E-state index contributed by atoms with van der Waals surface area (Å²) in [7, 11) is 1.50. The van der Waals surface area contributed by atoms with Crippen molar-refractivity contribution in [2.45, 2.75) is 26.4 Å². The number of benzene rings is 1. The second kappa shape index (κ2) is 9.41. The Morgan fingerprint density at radius 1 is 1.29 bits per heavy atom. The summed E-state index contributed by atoms with van der Waals surface area (Å²) in [6, 6.07) is 8.66. The van der Waals surface area contributed by atoms with Crippen LogP contribution in [0, 0.1) is 11.3 Å². The number of fused-ring (bicyclic) bond motifs is 1. The van der Waals surface area contributed by atoms with Crippen LogP contribution in [0.15, 0.2) is 49.1 Å². The Hall–Kier alpha value is -4.72. The lowest BCUT2D eigenvalue weighted by Crippen LogP contribution is -2.33. The van der Waals surface area contributed by atoms with Gasteiger partial charge in [0.25, 0.3) is 5.91 Å². The van der Waals surface area contributed by atoms with Crippen LogP contribution in [0.2, 0.25) is 0 Å². The molecule has 0 aliphatic carbocycles. The molecule has 0 spiro atoms. The van der Waals surface area contributed by atoms with Crippen LogP contribution >= 0.6 is 0 Å². The van der Waals surface area contributed by atoms with E-state index in [9.17, 15) is 14.9 Å². The number of amides is 2. The minimum Gasteiger partial charge on any atom is -0.496 e. The number of anilines is 1. The smallest absolute Gasteiger partial charge is 0.261 e. The number of carbonyl (C=O) groups excluding carboxylic acids is 2. The molecular formula is C23H22N8O3. The number of hydrogen-bond donors (Lipinski definition) is 2. The first kappa shape index (κ1) is 22.5. The van der Waals surface area contributed by atoms with Gasteiger partial charge in [-0.25, -0.2) is 9.50 Å². The molecular weight excluding hydrogens is 436 g/mol. The van der Waals surface area contributed by atoms with E-state index in [1.165, 1.54) is 22.5 Å². The molecule has 0 fully saturated rings. The zero-order chi connectivity index (χ0) is 24.2. The zero-order valence-corrected chi connectivity index (χ0v) is 18.8. The van der Waals surface area contributed by atoms with Gasteiger partial charge in [-0.15, -0.1) is 0 Å². The summed E-state index contributed by atoms with van der Waals surface area (Å²) in [4.78, 5) is 29.7. The fourth-order valence-electron chi connectivity index (χ4n) is 3.45. The summed E-state index contributed by atoms with van der Waals surface area (Å²) in [5, 5.41) is 23.7. The van der Waals surface area contributed by atoms with Crippen LogP contribution in [-0.4, -0.2) is 49.3 Å². The molecule has 0 aliphatic rings. The highest BCUT2D eigenvalue weighted by molar-refractivity contribution is 6.09. The van der Waals surface area contributed by atoms with Gasteiger partial charge in [0.1, 0.15) is 23.6 Å². The number of nitrogens with zero attached hydrogens (tertiary/aromatic N) is 6. The molecule has 172 valence electrons. The van der Waals surface area contributed by atoms with Gasteiger partial charge < -0.3 is 15.4 Å². The van der Waals surface area contributed by atoms with Gasteiger partial charge in [-0.1, -0.05) is 0 Å². The van der Waals surface area contributed by atoms with E-state index in [-0.39, 0.29) is 24.1 Å². The maximum Gasteiger partial charge on any atom is 0.261 e. The van der Waals surface area contributed by atoms with Crippen molar-refractivity contribution in [3.63, 3.8) is 0 Å². The quantitative estimate of drug-likeness (QED) is 0.433. The Morgan fingerprint density at radius 2 is 2.12 bits per heavy atom. The predicted molar refractivity (Wildman–Crippen MR) is 123 cm³/mol. The van der Waals surface area contributed by atoms with Crippen molar-refractivity contribution < 1.29 is 14.3 Å². The van der Waals surface area contributed by atoms with E-state index in [4.69, 9.17) is 4.74 Å². The van der Waals surface area contributed by atoms with E-state index >= 15 is 0 Å². The Bertz CT molecular complexity index is 1410. The molecule has 0 saturated heterocycles. The monoisotopic (exact) mass is 458 g/mol. The maximum absolute atomic E-state index is 13.1. The SMILES string of the molecule is COc1ccc(C#N)cc1-c1nn(CC(=O)NC(C)C)cc1NC(=O)c1cnn2cccnc12. The van der Waals surface area contributed by atoms with E-state index in [1.54, 1.807) is 42.9 Å². The average Bonchev–Trinajstić information content (AvgIpc) is 3.42. The van der Waals surface area contributed by atoms with E-state index in [0.717, 1.165) is 0 Å². The first-order valence-corrected chi connectivity index (χ1v) is 10.4. The number of methoxy groups -OCH3 is 1. The van der Waals surface area contributed by atoms with Crippen LogP contribution in [0.5, 0.6) is 5.75 Å². The van der Waals surface area contributed by atoms with E-state index in [2.05, 4.69) is 31.9 Å². The average molecular weight is 458 g/mol. The zero-order valence-electron chi connectivity index (χ0n) is 18.8. The number of carbonyl (C=O) groups is 2. The molecule has 0 atom stereocenters. The van der Waals surface area contributed by atoms with Crippen molar-refractivity contribution in [2.24, 2.45) is 0 Å². The summed E-state index contributed by atoms with van der Waals surface area (Å²) in [5.41, 5.74) is 2.25. The number of nitriles is 1. The van der Waals surface area contributed by atoms with Gasteiger partial charge in [0.2, 0.25) is 5.91 Å². The first-order chi connectivity index (χ1) is 16.4. The summed E-state index contributed by atoms with van der Waals surface area (Å²) in [5.74, 6) is -0.216. The second-order valence-corrected chi connectivity index (χ2v) is 7.74. The molecule has 34 heavy (non-hydrogen) atoms. The van der Waals surface area contributed by atoms with E-state index < -0.39 is 5.91 Å². The predicted octanol–water partition coefficient (Wildman–Crippen LogP) is 2.25. The minimum atomic E-state index is -0.448. The normalized spacial score (nSPS) is 10.8. The lowest BCUT2D eigenvalue weighted by Gasteiger charge is -2.09. The molecule has 11 nitrogen and oxygen atoms in total. The highest BCUT2D eigenvalue weighted by Gasteiger charge is 2.21. The number of hydrogen-bond acceptors (Lipinski definition) is 7. The lowest BCUT2D eigenvalue weighted by atomic mass is 10.1. The summed E-state index contributed by atoms with van der Waals surface area (Å²) >= 11 is 0. The largest absolute Gasteiger partial charge is 0.496 e. The van der Waals surface area contributed by atoms with Crippen LogP contribution in [0.1, 0.15) is 29.8 Å². The third-order valence-electron chi connectivity index (χ3n) is 4.87. The second-order valence-electron chi connectivity index (χ2n) is 7.74. The van der Waals surface area contributed by atoms with Gasteiger partial charge in [0.15, 0.2) is 5.65 Å². The van der Waals surface area contributed by atoms with Gasteiger partial charge in [0.05, 0.1) is 30.6 Å². The molecule has 2 N–H and O–H groups in total. The topological polar surface area (TPSA) is 139 Å². The molecule has 4 rings (SSSR count). The number of aromatic nitrogens is 5. The molecule has 2 amide bonds. The van der Waals surface area contributed by atoms with Gasteiger partial charge in [-0.05, 0) is 38.1 Å². The highest BCUT2D eigenvalue weighted by atomic mass is 16.5. The molecule has 0 aliphatic heterocycles. The Kier molecular flexibility index (Phi) is 6.22. The molecule has 1 aromatic carbocycles. The Morgan fingerprint density at radius 3 is 2.85 bits per heavy atom. The van der Waals surface area contributed by atoms with Gasteiger partial charge in [-0.2, -0.15) is 15.5 Å². The number of nitrogens with one attached hydrogen (secondary N) is 2. The number of ether oxygens (including phenoxy) is 1. The molecule has 11 heteroatoms. The van der Waals surface area contributed by atoms with Crippen molar-refractivity contribution in [3.8, 4) is 23.1 Å². The Balaban J connectivity index is 1.75. The fraction of sp³-hybridized carbons (Fsp3) is 0.217. The van der Waals surface area contributed by atoms with Crippen molar-refractivity contribution in [1.29, 1.82) is 5.26 Å². The third kappa shape index (κ3) is 4.56. The van der Waals surface area contributed by atoms with Crippen molar-refractivity contribution in [2.75, 3.05) is 12.4 Å². The summed E-state index contributed by atoms with van der Waals surface area (Å²) < 4.78 is 8.38. The van der Waals surface area contributed by atoms with Crippen LogP contribution in [-0.2, 0) is 11.3 Å². The van der Waals surface area contributed by atoms with Gasteiger partial charge in [0, 0.05) is 30.2 Å². The molecule has 0 radical (unpaired) electrons. The van der Waals surface area contributed by atoms with Crippen LogP contribution in [0.25, 0.3) is 16.9 Å². The molecule has 4 aromatic rings. The summed E-state index contributed by atoms with van der Waals surface area (Å²) in [6.45, 7) is 3.67. The minimum absolute atomic E-state index is 0.0303. The van der Waals surface area contributed by atoms with Crippen LogP contribution < -0.4 is 15.4 Å². The van der Waals surface area contributed by atoms with Gasteiger partial charge in [-0.3, -0.25) is 14.3 Å². The third-order valence-corrected chi connectivity index (χ3v) is 4.87.